The number of hydrogen-bond donors (Lipinski definition) is 0. The van der Waals surface area contributed by atoms with E-state index >= 15 is 0 Å². The van der Waals surface area contributed by atoms with Crippen molar-refractivity contribution in [3.8, 4) is 5.75 Å². The van der Waals surface area contributed by atoms with Gasteiger partial charge in [-0.05, 0) is 80.4 Å². The van der Waals surface area contributed by atoms with Crippen LogP contribution in [0.15, 0.2) is 30.4 Å². The molecule has 0 spiro atoms. The van der Waals surface area contributed by atoms with Gasteiger partial charge in [-0.15, -0.1) is 0 Å². The quantitative estimate of drug-likeness (QED) is 0.441. The zero-order valence-electron chi connectivity index (χ0n) is 16.0. The Bertz CT molecular complexity index is 495. The van der Waals surface area contributed by atoms with Gasteiger partial charge in [-0.1, -0.05) is 51.5 Å². The molecule has 1 fully saturated rings. The summed E-state index contributed by atoms with van der Waals surface area (Å²) in [6.45, 7) is 7.47. The second-order valence-corrected chi connectivity index (χ2v) is 7.30. The number of allylic oxidation sites excluding steroid dienone is 2. The van der Waals surface area contributed by atoms with Crippen LogP contribution >= 0.6 is 0 Å². The SMILES string of the molecule is CCC=CC[C@H]1CC[C@H](c2ccc(OCCC)c(CCC)c2)CC1. The van der Waals surface area contributed by atoms with Crippen molar-refractivity contribution in [1.82, 2.24) is 0 Å². The zero-order chi connectivity index (χ0) is 17.2. The summed E-state index contributed by atoms with van der Waals surface area (Å²) in [6, 6.07) is 6.99. The largest absolute Gasteiger partial charge is 0.493 e. The predicted octanol–water partition coefficient (Wildman–Crippen LogP) is 7.06. The molecule has 0 saturated heterocycles. The Labute approximate surface area is 149 Å². The standard InChI is InChI=1S/C23H36O/c1-4-7-8-10-19-11-13-20(14-12-19)21-15-16-23(24-17-6-3)22(18-21)9-5-2/h7-8,15-16,18-20H,4-6,9-14,17H2,1-3H3/t19-,20-. The normalized spacial score (nSPS) is 21.3. The van der Waals surface area contributed by atoms with Crippen LogP contribution in [-0.4, -0.2) is 6.61 Å². The summed E-state index contributed by atoms with van der Waals surface area (Å²) in [4.78, 5) is 0. The molecular weight excluding hydrogens is 292 g/mol. The van der Waals surface area contributed by atoms with Gasteiger partial charge in [0.1, 0.15) is 5.75 Å². The van der Waals surface area contributed by atoms with Gasteiger partial charge in [0.2, 0.25) is 0 Å². The first-order chi connectivity index (χ1) is 11.8. The van der Waals surface area contributed by atoms with Gasteiger partial charge in [-0.3, -0.25) is 0 Å². The lowest BCUT2D eigenvalue weighted by molar-refractivity contribution is 0.312. The fraction of sp³-hybridized carbons (Fsp3) is 0.652. The molecule has 0 aliphatic heterocycles. The molecule has 0 amide bonds. The number of aryl methyl sites for hydroxylation is 1. The molecule has 2 rings (SSSR count). The second kappa shape index (κ2) is 10.6. The smallest absolute Gasteiger partial charge is 0.122 e. The molecule has 0 aromatic heterocycles. The van der Waals surface area contributed by atoms with Gasteiger partial charge in [0.05, 0.1) is 6.61 Å². The summed E-state index contributed by atoms with van der Waals surface area (Å²) < 4.78 is 5.95. The average Bonchev–Trinajstić information content (AvgIpc) is 2.62. The van der Waals surface area contributed by atoms with E-state index in [1.165, 1.54) is 50.5 Å². The van der Waals surface area contributed by atoms with Gasteiger partial charge in [-0.25, -0.2) is 0 Å². The Hall–Kier alpha value is -1.24. The Morgan fingerprint density at radius 1 is 1.00 bits per heavy atom. The summed E-state index contributed by atoms with van der Waals surface area (Å²) in [6.07, 6.45) is 16.0. The lowest BCUT2D eigenvalue weighted by atomic mass is 9.77. The van der Waals surface area contributed by atoms with Gasteiger partial charge in [-0.2, -0.15) is 0 Å². The minimum absolute atomic E-state index is 0.757. The van der Waals surface area contributed by atoms with E-state index in [2.05, 4.69) is 51.1 Å². The molecule has 1 nitrogen and oxygen atoms in total. The summed E-state index contributed by atoms with van der Waals surface area (Å²) in [5.74, 6) is 2.78. The topological polar surface area (TPSA) is 9.23 Å². The number of hydrogen-bond acceptors (Lipinski definition) is 1. The highest BCUT2D eigenvalue weighted by Crippen LogP contribution is 2.38. The Morgan fingerprint density at radius 3 is 2.46 bits per heavy atom. The Kier molecular flexibility index (Phi) is 8.42. The minimum atomic E-state index is 0.757. The average molecular weight is 329 g/mol. The van der Waals surface area contributed by atoms with Crippen molar-refractivity contribution in [2.24, 2.45) is 5.92 Å². The van der Waals surface area contributed by atoms with Crippen LogP contribution < -0.4 is 4.74 Å². The van der Waals surface area contributed by atoms with Crippen molar-refractivity contribution in [2.75, 3.05) is 6.61 Å². The van der Waals surface area contributed by atoms with E-state index in [-0.39, 0.29) is 0 Å². The number of benzene rings is 1. The molecule has 0 atom stereocenters. The summed E-state index contributed by atoms with van der Waals surface area (Å²) in [5.41, 5.74) is 2.96. The van der Waals surface area contributed by atoms with Crippen LogP contribution in [-0.2, 0) is 6.42 Å². The van der Waals surface area contributed by atoms with Gasteiger partial charge in [0, 0.05) is 0 Å². The van der Waals surface area contributed by atoms with Crippen molar-refractivity contribution in [3.05, 3.63) is 41.5 Å². The maximum Gasteiger partial charge on any atom is 0.122 e. The van der Waals surface area contributed by atoms with E-state index in [1.54, 1.807) is 5.56 Å². The number of ether oxygens (including phenoxy) is 1. The first-order valence-electron chi connectivity index (χ1n) is 10.2. The lowest BCUT2D eigenvalue weighted by Crippen LogP contribution is -2.13. The minimum Gasteiger partial charge on any atom is -0.493 e. The fourth-order valence-corrected chi connectivity index (χ4v) is 3.86. The van der Waals surface area contributed by atoms with E-state index in [4.69, 9.17) is 4.74 Å². The highest BCUT2D eigenvalue weighted by molar-refractivity contribution is 5.39. The van der Waals surface area contributed by atoms with Crippen molar-refractivity contribution >= 4 is 0 Å². The lowest BCUT2D eigenvalue weighted by Gasteiger charge is -2.28. The molecule has 1 aliphatic carbocycles. The monoisotopic (exact) mass is 328 g/mol. The third-order valence-electron chi connectivity index (χ3n) is 5.26. The van der Waals surface area contributed by atoms with E-state index < -0.39 is 0 Å². The molecule has 24 heavy (non-hydrogen) atoms. The highest BCUT2D eigenvalue weighted by atomic mass is 16.5. The van der Waals surface area contributed by atoms with Crippen LogP contribution in [0.2, 0.25) is 0 Å². The van der Waals surface area contributed by atoms with Crippen molar-refractivity contribution in [1.29, 1.82) is 0 Å². The molecule has 134 valence electrons. The first-order valence-corrected chi connectivity index (χ1v) is 10.2. The highest BCUT2D eigenvalue weighted by Gasteiger charge is 2.22. The predicted molar refractivity (Wildman–Crippen MR) is 105 cm³/mol. The van der Waals surface area contributed by atoms with Gasteiger partial charge in [0.15, 0.2) is 0 Å². The van der Waals surface area contributed by atoms with Gasteiger partial charge < -0.3 is 4.74 Å². The van der Waals surface area contributed by atoms with Crippen LogP contribution in [0.4, 0.5) is 0 Å². The molecule has 1 aromatic carbocycles. The maximum absolute atomic E-state index is 5.95. The van der Waals surface area contributed by atoms with E-state index in [1.807, 2.05) is 0 Å². The molecular formula is C23H36O. The molecule has 1 aliphatic rings. The molecule has 0 heterocycles. The zero-order valence-corrected chi connectivity index (χ0v) is 16.0. The van der Waals surface area contributed by atoms with E-state index in [0.717, 1.165) is 37.0 Å². The first kappa shape index (κ1) is 19.1. The molecule has 0 N–H and O–H groups in total. The van der Waals surface area contributed by atoms with Crippen molar-refractivity contribution in [2.45, 2.75) is 84.5 Å². The summed E-state index contributed by atoms with van der Waals surface area (Å²) >= 11 is 0. The van der Waals surface area contributed by atoms with E-state index in [0.29, 0.717) is 0 Å². The van der Waals surface area contributed by atoms with Gasteiger partial charge >= 0.3 is 0 Å². The molecule has 1 heteroatoms. The van der Waals surface area contributed by atoms with Crippen LogP contribution in [0.5, 0.6) is 5.75 Å². The number of rotatable bonds is 9. The summed E-state index contributed by atoms with van der Waals surface area (Å²) in [5, 5.41) is 0. The molecule has 1 saturated carbocycles. The molecule has 0 unspecified atom stereocenters. The van der Waals surface area contributed by atoms with Crippen molar-refractivity contribution < 1.29 is 4.74 Å². The second-order valence-electron chi connectivity index (χ2n) is 7.30. The van der Waals surface area contributed by atoms with Crippen LogP contribution in [0.3, 0.4) is 0 Å². The Balaban J connectivity index is 1.97. The molecule has 1 aromatic rings. The fourth-order valence-electron chi connectivity index (χ4n) is 3.86. The van der Waals surface area contributed by atoms with Gasteiger partial charge in [0.25, 0.3) is 0 Å². The third-order valence-corrected chi connectivity index (χ3v) is 5.26. The third kappa shape index (κ3) is 5.69. The van der Waals surface area contributed by atoms with Crippen LogP contribution in [0.25, 0.3) is 0 Å². The molecule has 0 radical (unpaired) electrons. The Morgan fingerprint density at radius 2 is 1.79 bits per heavy atom. The van der Waals surface area contributed by atoms with Crippen molar-refractivity contribution in [3.63, 3.8) is 0 Å². The van der Waals surface area contributed by atoms with Crippen LogP contribution in [0.1, 0.15) is 89.2 Å². The molecule has 0 bridgehead atoms. The van der Waals surface area contributed by atoms with Crippen LogP contribution in [0, 0.1) is 5.92 Å². The summed E-state index contributed by atoms with van der Waals surface area (Å²) in [7, 11) is 0. The van der Waals surface area contributed by atoms with E-state index in [9.17, 15) is 0 Å². The maximum atomic E-state index is 5.95.